The molecule has 2 aromatic carbocycles. The Morgan fingerprint density at radius 2 is 1.74 bits per heavy atom. The van der Waals surface area contributed by atoms with Crippen molar-refractivity contribution in [2.24, 2.45) is 0 Å². The predicted octanol–water partition coefficient (Wildman–Crippen LogP) is 2.56. The average Bonchev–Trinajstić information content (AvgIpc) is 2.98. The molecule has 1 aliphatic rings. The first-order valence-corrected chi connectivity index (χ1v) is 11.3. The van der Waals surface area contributed by atoms with Gasteiger partial charge in [0.2, 0.25) is 10.0 Å². The van der Waals surface area contributed by atoms with E-state index in [1.165, 1.54) is 25.1 Å². The predicted molar refractivity (Wildman–Crippen MR) is 113 cm³/mol. The van der Waals surface area contributed by atoms with Crippen LogP contribution in [-0.4, -0.2) is 46.0 Å². The quantitative estimate of drug-likeness (QED) is 0.513. The first kappa shape index (κ1) is 22.8. The van der Waals surface area contributed by atoms with Gasteiger partial charge in [0.1, 0.15) is 6.04 Å². The number of aryl methyl sites for hydroxylation is 2. The standard InChI is InChI=1S/C22H25NO7S/c1-14-5-6-17(11-15(14)2)19(24)13-30-22(25)16(3)23-31(26,27)18-7-8-20-21(12-18)29-10-4-9-28-20/h5-8,11-12,16,23H,4,9-10,13H2,1-3H3/t16-/m0/s1. The fraction of sp³-hybridized carbons (Fsp3) is 0.364. The molecule has 0 saturated heterocycles. The van der Waals surface area contributed by atoms with Crippen molar-refractivity contribution in [2.75, 3.05) is 19.8 Å². The Bertz CT molecular complexity index is 1100. The Labute approximate surface area is 181 Å². The lowest BCUT2D eigenvalue weighted by atomic mass is 10.0. The summed E-state index contributed by atoms with van der Waals surface area (Å²) in [7, 11) is -4.02. The number of nitrogens with one attached hydrogen (secondary N) is 1. The van der Waals surface area contributed by atoms with Gasteiger partial charge >= 0.3 is 5.97 Å². The summed E-state index contributed by atoms with van der Waals surface area (Å²) >= 11 is 0. The van der Waals surface area contributed by atoms with Crippen LogP contribution in [0.15, 0.2) is 41.3 Å². The van der Waals surface area contributed by atoms with Gasteiger partial charge in [-0.15, -0.1) is 0 Å². The highest BCUT2D eigenvalue weighted by molar-refractivity contribution is 7.89. The number of benzene rings is 2. The summed E-state index contributed by atoms with van der Waals surface area (Å²) in [6.07, 6.45) is 0.693. The molecule has 2 aromatic rings. The molecule has 1 heterocycles. The number of hydrogen-bond acceptors (Lipinski definition) is 7. The molecule has 31 heavy (non-hydrogen) atoms. The molecule has 3 rings (SSSR count). The summed E-state index contributed by atoms with van der Waals surface area (Å²) in [6, 6.07) is 8.25. The van der Waals surface area contributed by atoms with Crippen molar-refractivity contribution in [3.05, 3.63) is 53.1 Å². The zero-order valence-electron chi connectivity index (χ0n) is 17.6. The van der Waals surface area contributed by atoms with Gasteiger partial charge in [0.25, 0.3) is 0 Å². The summed E-state index contributed by atoms with van der Waals surface area (Å²) in [5, 5.41) is 0. The summed E-state index contributed by atoms with van der Waals surface area (Å²) < 4.78 is 43.6. The van der Waals surface area contributed by atoms with E-state index in [1.54, 1.807) is 12.1 Å². The molecule has 0 aromatic heterocycles. The van der Waals surface area contributed by atoms with E-state index in [4.69, 9.17) is 14.2 Å². The van der Waals surface area contributed by atoms with Crippen molar-refractivity contribution in [3.8, 4) is 11.5 Å². The lowest BCUT2D eigenvalue weighted by Gasteiger charge is -2.15. The molecule has 1 aliphatic heterocycles. The fourth-order valence-corrected chi connectivity index (χ4v) is 4.13. The van der Waals surface area contributed by atoms with Crippen molar-refractivity contribution in [1.29, 1.82) is 0 Å². The van der Waals surface area contributed by atoms with Crippen LogP contribution in [0.2, 0.25) is 0 Å². The third-order valence-electron chi connectivity index (χ3n) is 4.89. The van der Waals surface area contributed by atoms with Crippen molar-refractivity contribution in [2.45, 2.75) is 38.1 Å². The number of rotatable bonds is 7. The number of carbonyl (C=O) groups is 2. The number of carbonyl (C=O) groups excluding carboxylic acids is 2. The summed E-state index contributed by atoms with van der Waals surface area (Å²) in [6.45, 7) is 5.60. The molecular formula is C22H25NO7S. The van der Waals surface area contributed by atoms with Crippen LogP contribution in [0.4, 0.5) is 0 Å². The monoisotopic (exact) mass is 447 g/mol. The van der Waals surface area contributed by atoms with Crippen molar-refractivity contribution in [3.63, 3.8) is 0 Å². The molecule has 1 N–H and O–H groups in total. The van der Waals surface area contributed by atoms with Gasteiger partial charge in [0.15, 0.2) is 23.9 Å². The van der Waals surface area contributed by atoms with Gasteiger partial charge in [-0.05, 0) is 50.1 Å². The van der Waals surface area contributed by atoms with Crippen molar-refractivity contribution >= 4 is 21.8 Å². The summed E-state index contributed by atoms with van der Waals surface area (Å²) in [5.41, 5.74) is 2.43. The van der Waals surface area contributed by atoms with Crippen LogP contribution in [0, 0.1) is 13.8 Å². The minimum absolute atomic E-state index is 0.0670. The van der Waals surface area contributed by atoms with E-state index in [0.717, 1.165) is 11.1 Å². The maximum Gasteiger partial charge on any atom is 0.324 e. The molecule has 0 fully saturated rings. The second-order valence-corrected chi connectivity index (χ2v) is 9.05. The maximum atomic E-state index is 12.7. The lowest BCUT2D eigenvalue weighted by molar-refractivity contribution is -0.144. The SMILES string of the molecule is Cc1ccc(C(=O)COC(=O)[C@H](C)NS(=O)(=O)c2ccc3c(c2)OCCCO3)cc1C. The maximum absolute atomic E-state index is 12.7. The number of hydrogen-bond donors (Lipinski definition) is 1. The van der Waals surface area contributed by atoms with Crippen molar-refractivity contribution in [1.82, 2.24) is 4.72 Å². The molecule has 9 heteroatoms. The van der Waals surface area contributed by atoms with Crippen LogP contribution in [0.25, 0.3) is 0 Å². The number of ketones is 1. The Balaban J connectivity index is 1.61. The highest BCUT2D eigenvalue weighted by Gasteiger charge is 2.25. The fourth-order valence-electron chi connectivity index (χ4n) is 2.92. The normalized spacial score (nSPS) is 14.4. The molecule has 8 nitrogen and oxygen atoms in total. The van der Waals surface area contributed by atoms with Gasteiger partial charge in [-0.2, -0.15) is 4.72 Å². The van der Waals surface area contributed by atoms with E-state index in [0.29, 0.717) is 36.7 Å². The Hall–Kier alpha value is -2.91. The van der Waals surface area contributed by atoms with Gasteiger partial charge in [-0.1, -0.05) is 12.1 Å². The number of esters is 1. The molecule has 0 spiro atoms. The van der Waals surface area contributed by atoms with Gasteiger partial charge in [-0.25, -0.2) is 8.42 Å². The molecule has 0 unspecified atom stereocenters. The molecule has 1 atom stereocenters. The Morgan fingerprint density at radius 3 is 2.45 bits per heavy atom. The minimum Gasteiger partial charge on any atom is -0.490 e. The number of Topliss-reactive ketones (excluding diaryl/α,β-unsaturated/α-hetero) is 1. The molecule has 0 aliphatic carbocycles. The van der Waals surface area contributed by atoms with Crippen molar-refractivity contribution < 1.29 is 32.2 Å². The van der Waals surface area contributed by atoms with Crippen LogP contribution < -0.4 is 14.2 Å². The lowest BCUT2D eigenvalue weighted by Crippen LogP contribution is -2.40. The third kappa shape index (κ3) is 5.62. The summed E-state index contributed by atoms with van der Waals surface area (Å²) in [5.74, 6) is -0.423. The zero-order valence-corrected chi connectivity index (χ0v) is 18.5. The van der Waals surface area contributed by atoms with Gasteiger partial charge in [0, 0.05) is 18.1 Å². The third-order valence-corrected chi connectivity index (χ3v) is 6.43. The van der Waals surface area contributed by atoms with Gasteiger partial charge in [0.05, 0.1) is 18.1 Å². The highest BCUT2D eigenvalue weighted by atomic mass is 32.2. The first-order valence-electron chi connectivity index (χ1n) is 9.86. The average molecular weight is 448 g/mol. The van der Waals surface area contributed by atoms with Crippen LogP contribution in [0.5, 0.6) is 11.5 Å². The van der Waals surface area contributed by atoms with Crippen LogP contribution in [0.1, 0.15) is 34.8 Å². The molecular weight excluding hydrogens is 422 g/mol. The Kier molecular flexibility index (Phi) is 6.97. The molecule has 0 amide bonds. The number of fused-ring (bicyclic) bond motifs is 1. The number of sulfonamides is 1. The molecule has 0 bridgehead atoms. The molecule has 0 saturated carbocycles. The molecule has 0 radical (unpaired) electrons. The van der Waals surface area contributed by atoms with Crippen LogP contribution in [-0.2, 0) is 19.6 Å². The largest absolute Gasteiger partial charge is 0.490 e. The smallest absolute Gasteiger partial charge is 0.324 e. The topological polar surface area (TPSA) is 108 Å². The van der Waals surface area contributed by atoms with E-state index >= 15 is 0 Å². The van der Waals surface area contributed by atoms with Gasteiger partial charge < -0.3 is 14.2 Å². The van der Waals surface area contributed by atoms with Crippen LogP contribution >= 0.6 is 0 Å². The van der Waals surface area contributed by atoms with Crippen LogP contribution in [0.3, 0.4) is 0 Å². The molecule has 166 valence electrons. The number of ether oxygens (including phenoxy) is 3. The van der Waals surface area contributed by atoms with E-state index in [9.17, 15) is 18.0 Å². The highest BCUT2D eigenvalue weighted by Crippen LogP contribution is 2.31. The van der Waals surface area contributed by atoms with Gasteiger partial charge in [-0.3, -0.25) is 9.59 Å². The van der Waals surface area contributed by atoms with E-state index < -0.39 is 28.6 Å². The van der Waals surface area contributed by atoms with E-state index in [1.807, 2.05) is 19.9 Å². The second-order valence-electron chi connectivity index (χ2n) is 7.33. The first-order chi connectivity index (χ1) is 14.7. The Morgan fingerprint density at radius 1 is 1.03 bits per heavy atom. The van der Waals surface area contributed by atoms with E-state index in [2.05, 4.69) is 4.72 Å². The zero-order chi connectivity index (χ0) is 22.6. The summed E-state index contributed by atoms with van der Waals surface area (Å²) in [4.78, 5) is 24.4. The minimum atomic E-state index is -4.02. The second kappa shape index (κ2) is 9.49. The van der Waals surface area contributed by atoms with E-state index in [-0.39, 0.29) is 10.7 Å².